The van der Waals surface area contributed by atoms with E-state index in [9.17, 15) is 9.59 Å². The van der Waals surface area contributed by atoms with Gasteiger partial charge in [0, 0.05) is 13.0 Å². The van der Waals surface area contributed by atoms with Crippen LogP contribution in [0.3, 0.4) is 0 Å². The van der Waals surface area contributed by atoms with Crippen molar-refractivity contribution in [2.45, 2.75) is 6.42 Å². The standard InChI is InChI=1S/C12H10N2O3S/c15-10-5-7(11(16)17)6-14(10)12-13-8-3-1-2-4-9(8)18-12/h1-4,7H,5-6H2,(H,16,17). The summed E-state index contributed by atoms with van der Waals surface area (Å²) in [5.74, 6) is -1.71. The largest absolute Gasteiger partial charge is 0.481 e. The van der Waals surface area contributed by atoms with Crippen molar-refractivity contribution in [1.82, 2.24) is 4.98 Å². The number of carbonyl (C=O) groups excluding carboxylic acids is 1. The number of carboxylic acids is 1. The van der Waals surface area contributed by atoms with Crippen LogP contribution in [-0.2, 0) is 9.59 Å². The van der Waals surface area contributed by atoms with Gasteiger partial charge in [-0.2, -0.15) is 0 Å². The van der Waals surface area contributed by atoms with E-state index in [4.69, 9.17) is 5.11 Å². The van der Waals surface area contributed by atoms with Gasteiger partial charge in [0.25, 0.3) is 0 Å². The second-order valence-electron chi connectivity index (χ2n) is 4.21. The number of para-hydroxylation sites is 1. The number of aliphatic carboxylic acids is 1. The van der Waals surface area contributed by atoms with E-state index in [1.54, 1.807) is 0 Å². The Bertz CT molecular complexity index is 604. The zero-order valence-electron chi connectivity index (χ0n) is 9.37. The summed E-state index contributed by atoms with van der Waals surface area (Å²) in [6.45, 7) is 0.216. The molecule has 1 N–H and O–H groups in total. The zero-order chi connectivity index (χ0) is 12.7. The van der Waals surface area contributed by atoms with Crippen molar-refractivity contribution in [3.05, 3.63) is 24.3 Å². The molecule has 92 valence electrons. The Balaban J connectivity index is 1.95. The highest BCUT2D eigenvalue weighted by Crippen LogP contribution is 2.32. The van der Waals surface area contributed by atoms with E-state index in [1.807, 2.05) is 24.3 Å². The molecule has 0 bridgehead atoms. The van der Waals surface area contributed by atoms with Crippen molar-refractivity contribution in [1.29, 1.82) is 0 Å². The van der Waals surface area contributed by atoms with Crippen LogP contribution in [0.25, 0.3) is 10.2 Å². The first kappa shape index (κ1) is 11.2. The smallest absolute Gasteiger partial charge is 0.308 e. The van der Waals surface area contributed by atoms with Crippen LogP contribution in [0, 0.1) is 5.92 Å². The molecule has 2 aromatic rings. The molecule has 6 heteroatoms. The van der Waals surface area contributed by atoms with Gasteiger partial charge in [0.2, 0.25) is 5.91 Å². The van der Waals surface area contributed by atoms with E-state index in [0.29, 0.717) is 5.13 Å². The lowest BCUT2D eigenvalue weighted by Crippen LogP contribution is -2.25. The molecule has 1 fully saturated rings. The van der Waals surface area contributed by atoms with E-state index in [1.165, 1.54) is 16.2 Å². The highest BCUT2D eigenvalue weighted by atomic mass is 32.1. The van der Waals surface area contributed by atoms with Crippen LogP contribution < -0.4 is 4.90 Å². The van der Waals surface area contributed by atoms with Crippen molar-refractivity contribution in [2.75, 3.05) is 11.4 Å². The molecule has 1 saturated heterocycles. The molecule has 0 spiro atoms. The van der Waals surface area contributed by atoms with Crippen molar-refractivity contribution < 1.29 is 14.7 Å². The maximum atomic E-state index is 11.8. The molecule has 3 rings (SSSR count). The highest BCUT2D eigenvalue weighted by molar-refractivity contribution is 7.22. The molecule has 1 aromatic heterocycles. The van der Waals surface area contributed by atoms with Crippen LogP contribution in [0.15, 0.2) is 24.3 Å². The molecule has 1 atom stereocenters. The first-order valence-electron chi connectivity index (χ1n) is 5.54. The molecule has 0 saturated carbocycles. The number of benzene rings is 1. The molecule has 0 radical (unpaired) electrons. The average molecular weight is 262 g/mol. The van der Waals surface area contributed by atoms with E-state index in [-0.39, 0.29) is 18.9 Å². The van der Waals surface area contributed by atoms with Gasteiger partial charge in [-0.05, 0) is 12.1 Å². The third-order valence-corrected chi connectivity index (χ3v) is 4.05. The van der Waals surface area contributed by atoms with Crippen LogP contribution in [0.2, 0.25) is 0 Å². The van der Waals surface area contributed by atoms with E-state index < -0.39 is 11.9 Å². The summed E-state index contributed by atoms with van der Waals surface area (Å²) in [7, 11) is 0. The topological polar surface area (TPSA) is 70.5 Å². The lowest BCUT2D eigenvalue weighted by Gasteiger charge is -2.10. The van der Waals surface area contributed by atoms with Gasteiger partial charge >= 0.3 is 5.97 Å². The Morgan fingerprint density at radius 2 is 2.22 bits per heavy atom. The summed E-state index contributed by atoms with van der Waals surface area (Å²) >= 11 is 1.41. The summed E-state index contributed by atoms with van der Waals surface area (Å²) in [6, 6.07) is 7.62. The third kappa shape index (κ3) is 1.74. The number of hydrogen-bond acceptors (Lipinski definition) is 4. The molecule has 1 aromatic carbocycles. The van der Waals surface area contributed by atoms with Crippen molar-refractivity contribution in [2.24, 2.45) is 5.92 Å². The summed E-state index contributed by atoms with van der Waals surface area (Å²) in [6.07, 6.45) is 0.0608. The number of anilines is 1. The Morgan fingerprint density at radius 1 is 1.44 bits per heavy atom. The maximum Gasteiger partial charge on any atom is 0.308 e. The molecule has 2 heterocycles. The number of fused-ring (bicyclic) bond motifs is 1. The van der Waals surface area contributed by atoms with Crippen LogP contribution in [0.1, 0.15) is 6.42 Å². The second kappa shape index (κ2) is 4.06. The van der Waals surface area contributed by atoms with Gasteiger partial charge in [0.05, 0.1) is 16.1 Å². The fourth-order valence-electron chi connectivity index (χ4n) is 2.03. The van der Waals surface area contributed by atoms with Gasteiger partial charge in [-0.3, -0.25) is 14.5 Å². The minimum atomic E-state index is -0.924. The maximum absolute atomic E-state index is 11.8. The third-order valence-electron chi connectivity index (χ3n) is 2.99. The predicted octanol–water partition coefficient (Wildman–Crippen LogP) is 1.73. The first-order chi connectivity index (χ1) is 8.65. The Hall–Kier alpha value is -1.95. The molecule has 18 heavy (non-hydrogen) atoms. The van der Waals surface area contributed by atoms with Gasteiger partial charge < -0.3 is 5.11 Å². The van der Waals surface area contributed by atoms with Crippen molar-refractivity contribution >= 4 is 38.6 Å². The van der Waals surface area contributed by atoms with E-state index in [0.717, 1.165) is 10.2 Å². The summed E-state index contributed by atoms with van der Waals surface area (Å²) in [5.41, 5.74) is 0.837. The lowest BCUT2D eigenvalue weighted by molar-refractivity contribution is -0.141. The fourth-order valence-corrected chi connectivity index (χ4v) is 3.03. The summed E-state index contributed by atoms with van der Waals surface area (Å²) in [5, 5.41) is 9.53. The second-order valence-corrected chi connectivity index (χ2v) is 5.22. The molecule has 1 unspecified atom stereocenters. The van der Waals surface area contributed by atoms with E-state index in [2.05, 4.69) is 4.98 Å². The average Bonchev–Trinajstić information content (AvgIpc) is 2.91. The SMILES string of the molecule is O=C(O)C1CC(=O)N(c2nc3ccccc3s2)C1. The van der Waals surface area contributed by atoms with Crippen molar-refractivity contribution in [3.8, 4) is 0 Å². The van der Waals surface area contributed by atoms with Gasteiger partial charge in [-0.1, -0.05) is 23.5 Å². The van der Waals surface area contributed by atoms with Gasteiger partial charge in [-0.15, -0.1) is 0 Å². The Labute approximate surface area is 107 Å². The quantitative estimate of drug-likeness (QED) is 0.894. The summed E-state index contributed by atoms with van der Waals surface area (Å²) in [4.78, 5) is 28.5. The molecular formula is C12H10N2O3S. The van der Waals surface area contributed by atoms with Gasteiger partial charge in [-0.25, -0.2) is 4.98 Å². The molecule has 1 aliphatic rings. The van der Waals surface area contributed by atoms with Crippen LogP contribution in [0.5, 0.6) is 0 Å². The molecule has 0 aliphatic carbocycles. The Morgan fingerprint density at radius 3 is 2.89 bits per heavy atom. The normalized spacial score (nSPS) is 19.7. The number of carbonyl (C=O) groups is 2. The fraction of sp³-hybridized carbons (Fsp3) is 0.250. The monoisotopic (exact) mass is 262 g/mol. The van der Waals surface area contributed by atoms with Crippen molar-refractivity contribution in [3.63, 3.8) is 0 Å². The molecule has 5 nitrogen and oxygen atoms in total. The highest BCUT2D eigenvalue weighted by Gasteiger charge is 2.36. The zero-order valence-corrected chi connectivity index (χ0v) is 10.2. The van der Waals surface area contributed by atoms with Gasteiger partial charge in [0.15, 0.2) is 5.13 Å². The number of nitrogens with zero attached hydrogens (tertiary/aromatic N) is 2. The minimum Gasteiger partial charge on any atom is -0.481 e. The van der Waals surface area contributed by atoms with E-state index >= 15 is 0 Å². The lowest BCUT2D eigenvalue weighted by atomic mass is 10.1. The van der Waals surface area contributed by atoms with Crippen LogP contribution in [-0.4, -0.2) is 28.5 Å². The number of thiazole rings is 1. The number of aromatic nitrogens is 1. The minimum absolute atomic E-state index is 0.0608. The van der Waals surface area contributed by atoms with Crippen LogP contribution in [0.4, 0.5) is 5.13 Å². The van der Waals surface area contributed by atoms with Gasteiger partial charge in [0.1, 0.15) is 0 Å². The predicted molar refractivity (Wildman–Crippen MR) is 67.7 cm³/mol. The molecule has 1 amide bonds. The van der Waals surface area contributed by atoms with Crippen LogP contribution >= 0.6 is 11.3 Å². The molecule has 1 aliphatic heterocycles. The molecular weight excluding hydrogens is 252 g/mol. The number of hydrogen-bond donors (Lipinski definition) is 1. The Kier molecular flexibility index (Phi) is 2.52. The number of rotatable bonds is 2. The summed E-state index contributed by atoms with van der Waals surface area (Å²) < 4.78 is 0.999. The number of carboxylic acid groups (broad SMARTS) is 1. The number of amides is 1. The first-order valence-corrected chi connectivity index (χ1v) is 6.35.